The Morgan fingerprint density at radius 3 is 2.51 bits per heavy atom. The Balaban J connectivity index is 1.23. The number of nitrogens with one attached hydrogen (secondary N) is 2. The number of carbonyl (C=O) groups is 1. The lowest BCUT2D eigenvalue weighted by Crippen LogP contribution is -2.41. The van der Waals surface area contributed by atoms with Gasteiger partial charge in [-0.05, 0) is 67.7 Å². The molecular weight excluding hydrogens is 512 g/mol. The molecule has 4 rings (SSSR count). The van der Waals surface area contributed by atoms with Gasteiger partial charge >= 0.3 is 6.18 Å². The number of H-pyrrole nitrogens is 1. The Morgan fingerprint density at radius 1 is 1.18 bits per heavy atom. The van der Waals surface area contributed by atoms with Crippen molar-refractivity contribution in [3.8, 4) is 0 Å². The molecule has 210 valence electrons. The third-order valence-electron chi connectivity index (χ3n) is 7.10. The van der Waals surface area contributed by atoms with Gasteiger partial charge in [0.15, 0.2) is 5.78 Å². The zero-order chi connectivity index (χ0) is 28.2. The first-order valence-electron chi connectivity index (χ1n) is 12.9. The molecule has 7 nitrogen and oxygen atoms in total. The maximum Gasteiger partial charge on any atom is 0.416 e. The van der Waals surface area contributed by atoms with E-state index >= 15 is 0 Å². The zero-order valence-electron chi connectivity index (χ0n) is 21.8. The molecular formula is C28H34F4N6O. The summed E-state index contributed by atoms with van der Waals surface area (Å²) in [5.41, 5.74) is 8.19. The van der Waals surface area contributed by atoms with E-state index in [0.29, 0.717) is 41.2 Å². The largest absolute Gasteiger partial charge is 0.416 e. The Hall–Kier alpha value is -3.41. The highest BCUT2D eigenvalue weighted by Crippen LogP contribution is 2.30. The van der Waals surface area contributed by atoms with Gasteiger partial charge in [0.05, 0.1) is 17.0 Å². The van der Waals surface area contributed by atoms with E-state index in [4.69, 9.17) is 11.6 Å². The topological polar surface area (TPSA) is 103 Å². The molecule has 0 aliphatic carbocycles. The molecule has 0 spiro atoms. The van der Waals surface area contributed by atoms with Crippen molar-refractivity contribution in [1.82, 2.24) is 20.2 Å². The number of alkyl halides is 3. The van der Waals surface area contributed by atoms with Gasteiger partial charge in [0.1, 0.15) is 5.82 Å². The molecule has 11 heteroatoms. The van der Waals surface area contributed by atoms with Gasteiger partial charge in [0.25, 0.3) is 0 Å². The van der Waals surface area contributed by atoms with E-state index in [-0.39, 0.29) is 11.5 Å². The fourth-order valence-electron chi connectivity index (χ4n) is 5.00. The lowest BCUT2D eigenvalue weighted by molar-refractivity contribution is -0.137. The summed E-state index contributed by atoms with van der Waals surface area (Å²) in [5, 5.41) is 5.35. The van der Waals surface area contributed by atoms with Crippen LogP contribution in [0.3, 0.4) is 0 Å². The number of aromatic amines is 1. The number of fused-ring (bicyclic) bond motifs is 1. The summed E-state index contributed by atoms with van der Waals surface area (Å²) in [4.78, 5) is 17.5. The maximum absolute atomic E-state index is 13.9. The number of ketones is 1. The number of hydrazine groups is 1. The van der Waals surface area contributed by atoms with E-state index in [9.17, 15) is 22.4 Å². The van der Waals surface area contributed by atoms with Gasteiger partial charge in [0.2, 0.25) is 0 Å². The van der Waals surface area contributed by atoms with Crippen LogP contribution in [0.25, 0.3) is 16.6 Å². The minimum atomic E-state index is -4.32. The van der Waals surface area contributed by atoms with E-state index in [1.165, 1.54) is 36.2 Å². The van der Waals surface area contributed by atoms with E-state index in [1.54, 1.807) is 12.3 Å². The summed E-state index contributed by atoms with van der Waals surface area (Å²) >= 11 is 0. The van der Waals surface area contributed by atoms with Gasteiger partial charge in [-0.15, -0.1) is 0 Å². The van der Waals surface area contributed by atoms with Crippen LogP contribution in [0.15, 0.2) is 48.7 Å². The normalized spacial score (nSPS) is 15.7. The molecule has 3 aromatic rings. The average molecular weight is 547 g/mol. The molecule has 39 heavy (non-hydrogen) atoms. The number of rotatable bonds is 10. The maximum atomic E-state index is 13.9. The van der Waals surface area contributed by atoms with Crippen molar-refractivity contribution in [3.05, 3.63) is 76.9 Å². The van der Waals surface area contributed by atoms with Crippen molar-refractivity contribution in [2.75, 3.05) is 32.7 Å². The fraction of sp³-hybridized carbons (Fsp3) is 0.393. The van der Waals surface area contributed by atoms with Crippen LogP contribution in [-0.2, 0) is 12.7 Å². The summed E-state index contributed by atoms with van der Waals surface area (Å²) in [7, 11) is 0. The highest BCUT2D eigenvalue weighted by molar-refractivity contribution is 6.06. The summed E-state index contributed by atoms with van der Waals surface area (Å²) in [5.74, 6) is 5.99. The number of benzene rings is 2. The number of Topliss-reactive ketones (excluding diaryl/α,β-unsaturated/α-hetero) is 1. The smallest absolute Gasteiger partial charge is 0.397 e. The number of piperidine rings is 1. The van der Waals surface area contributed by atoms with Crippen LogP contribution >= 0.6 is 0 Å². The second kappa shape index (κ2) is 12.2. The standard InChI is InChI=1S/C28H34F4N6O/c1-18(39)27-26(23-14-22(29)6-7-25(23)36-27)24(33)17-38(34)16-20-8-11-37(12-9-20)13-10-35-15-19-2-4-21(5-3-19)28(30,31)32/h2-7,14,17,20,35-36H,8-13,15-16,33-34H2,1H3/b24-17-. The SMILES string of the molecule is CC(=O)c1[nH]c2ccc(F)cc2c1/C(N)=C/N(N)CC1CCN(CCNCc2ccc(C(F)(F)F)cc2)CC1. The van der Waals surface area contributed by atoms with Crippen molar-refractivity contribution >= 4 is 22.4 Å². The van der Waals surface area contributed by atoms with E-state index in [0.717, 1.165) is 56.7 Å². The zero-order valence-corrected chi connectivity index (χ0v) is 21.8. The average Bonchev–Trinajstić information content (AvgIpc) is 3.26. The number of nitrogens with two attached hydrogens (primary N) is 2. The Labute approximate surface area is 224 Å². The van der Waals surface area contributed by atoms with Gasteiger partial charge in [-0.25, -0.2) is 10.2 Å². The summed E-state index contributed by atoms with van der Waals surface area (Å²) in [6.45, 7) is 5.93. The first-order chi connectivity index (χ1) is 18.5. The number of likely N-dealkylation sites (tertiary alicyclic amines) is 1. The van der Waals surface area contributed by atoms with E-state index in [2.05, 4.69) is 15.2 Å². The van der Waals surface area contributed by atoms with Crippen LogP contribution in [0.4, 0.5) is 17.6 Å². The Kier molecular flexibility index (Phi) is 8.94. The molecule has 1 fully saturated rings. The first-order valence-corrected chi connectivity index (χ1v) is 12.9. The van der Waals surface area contributed by atoms with Crippen molar-refractivity contribution in [2.45, 2.75) is 32.5 Å². The minimum absolute atomic E-state index is 0.206. The summed E-state index contributed by atoms with van der Waals surface area (Å²) in [6.07, 6.45) is -0.814. The van der Waals surface area contributed by atoms with Crippen LogP contribution in [0.1, 0.15) is 46.9 Å². The summed E-state index contributed by atoms with van der Waals surface area (Å²) < 4.78 is 51.9. The van der Waals surface area contributed by atoms with Crippen LogP contribution < -0.4 is 16.9 Å². The molecule has 0 saturated carbocycles. The second-order valence-electron chi connectivity index (χ2n) is 10.1. The lowest BCUT2D eigenvalue weighted by Gasteiger charge is -2.33. The molecule has 1 saturated heterocycles. The highest BCUT2D eigenvalue weighted by Gasteiger charge is 2.30. The molecule has 2 aromatic carbocycles. The van der Waals surface area contributed by atoms with Crippen LogP contribution in [0, 0.1) is 11.7 Å². The minimum Gasteiger partial charge on any atom is -0.397 e. The molecule has 0 radical (unpaired) electrons. The number of halogens is 4. The monoisotopic (exact) mass is 546 g/mol. The molecule has 0 bridgehead atoms. The fourth-order valence-corrected chi connectivity index (χ4v) is 5.00. The molecule has 0 amide bonds. The number of hydrogen-bond acceptors (Lipinski definition) is 6. The van der Waals surface area contributed by atoms with Crippen molar-refractivity contribution in [2.24, 2.45) is 17.5 Å². The third kappa shape index (κ3) is 7.37. The Bertz CT molecular complexity index is 1310. The van der Waals surface area contributed by atoms with E-state index in [1.807, 2.05) is 0 Å². The second-order valence-corrected chi connectivity index (χ2v) is 10.1. The van der Waals surface area contributed by atoms with Crippen LogP contribution in [-0.4, -0.2) is 53.4 Å². The van der Waals surface area contributed by atoms with Gasteiger partial charge < -0.3 is 25.9 Å². The highest BCUT2D eigenvalue weighted by atomic mass is 19.4. The van der Waals surface area contributed by atoms with Crippen molar-refractivity contribution in [3.63, 3.8) is 0 Å². The predicted molar refractivity (Wildman–Crippen MR) is 144 cm³/mol. The molecule has 0 unspecified atom stereocenters. The number of hydrogen-bond donors (Lipinski definition) is 4. The molecule has 1 aliphatic rings. The van der Waals surface area contributed by atoms with Gasteiger partial charge in [-0.1, -0.05) is 12.1 Å². The third-order valence-corrected chi connectivity index (χ3v) is 7.10. The number of aromatic nitrogens is 1. The molecule has 2 heterocycles. The quantitative estimate of drug-likeness (QED) is 0.0985. The number of nitrogens with zero attached hydrogens (tertiary/aromatic N) is 2. The van der Waals surface area contributed by atoms with Crippen LogP contribution in [0.2, 0.25) is 0 Å². The molecule has 1 aliphatic heterocycles. The van der Waals surface area contributed by atoms with Crippen molar-refractivity contribution < 1.29 is 22.4 Å². The molecule has 6 N–H and O–H groups in total. The Morgan fingerprint density at radius 2 is 1.87 bits per heavy atom. The predicted octanol–water partition coefficient (Wildman–Crippen LogP) is 4.46. The lowest BCUT2D eigenvalue weighted by atomic mass is 9.96. The van der Waals surface area contributed by atoms with Gasteiger partial charge in [0, 0.05) is 55.8 Å². The van der Waals surface area contributed by atoms with Gasteiger partial charge in [-0.3, -0.25) is 4.79 Å². The van der Waals surface area contributed by atoms with Crippen molar-refractivity contribution in [1.29, 1.82) is 0 Å². The number of carbonyl (C=O) groups excluding carboxylic acids is 1. The van der Waals surface area contributed by atoms with Crippen LogP contribution in [0.5, 0.6) is 0 Å². The molecule has 0 atom stereocenters. The molecule has 1 aromatic heterocycles. The van der Waals surface area contributed by atoms with Gasteiger partial charge in [-0.2, -0.15) is 13.2 Å². The first kappa shape index (κ1) is 28.6. The summed E-state index contributed by atoms with van der Waals surface area (Å²) in [6, 6.07) is 9.46. The van der Waals surface area contributed by atoms with E-state index < -0.39 is 17.6 Å².